The molecule has 0 spiro atoms. The molecule has 0 saturated carbocycles. The maximum absolute atomic E-state index is 11.7. The lowest BCUT2D eigenvalue weighted by Gasteiger charge is -2.41. The molecule has 2 heterocycles. The second-order valence-electron chi connectivity index (χ2n) is 7.99. The van der Waals surface area contributed by atoms with E-state index < -0.39 is 11.4 Å². The molecule has 0 aliphatic carbocycles. The van der Waals surface area contributed by atoms with Crippen molar-refractivity contribution in [3.8, 4) is 0 Å². The van der Waals surface area contributed by atoms with E-state index in [-0.39, 0.29) is 0 Å². The van der Waals surface area contributed by atoms with Crippen LogP contribution in [0.2, 0.25) is 0 Å². The van der Waals surface area contributed by atoms with E-state index >= 15 is 0 Å². The molecule has 1 aromatic rings. The van der Waals surface area contributed by atoms with Gasteiger partial charge in [0.1, 0.15) is 0 Å². The normalized spacial score (nSPS) is 20.3. The molecule has 0 unspecified atom stereocenters. The molecule has 2 aliphatic heterocycles. The Kier molecular flexibility index (Phi) is 5.88. The Balaban J connectivity index is 1.75. The van der Waals surface area contributed by atoms with Gasteiger partial charge in [-0.15, -0.1) is 0 Å². The van der Waals surface area contributed by atoms with Crippen LogP contribution in [0.25, 0.3) is 0 Å². The summed E-state index contributed by atoms with van der Waals surface area (Å²) in [5.41, 5.74) is 2.54. The first-order valence-corrected chi connectivity index (χ1v) is 9.87. The minimum absolute atomic E-state index is 0.652. The molecule has 0 aromatic heterocycles. The van der Waals surface area contributed by atoms with Crippen molar-refractivity contribution in [1.82, 2.24) is 4.90 Å². The summed E-state index contributed by atoms with van der Waals surface area (Å²) in [6.07, 6.45) is 3.29. The highest BCUT2D eigenvalue weighted by atomic mass is 16.5. The van der Waals surface area contributed by atoms with Gasteiger partial charge in [-0.25, -0.2) is 0 Å². The molecule has 2 aliphatic rings. The van der Waals surface area contributed by atoms with Gasteiger partial charge in [0, 0.05) is 37.9 Å². The van der Waals surface area contributed by atoms with Crippen molar-refractivity contribution in [1.29, 1.82) is 0 Å². The van der Waals surface area contributed by atoms with Crippen molar-refractivity contribution < 1.29 is 14.6 Å². The van der Waals surface area contributed by atoms with Gasteiger partial charge in [0.2, 0.25) is 0 Å². The lowest BCUT2D eigenvalue weighted by Crippen LogP contribution is -2.49. The Labute approximate surface area is 156 Å². The fraction of sp³-hybridized carbons (Fsp3) is 0.667. The summed E-state index contributed by atoms with van der Waals surface area (Å²) in [7, 11) is 0. The van der Waals surface area contributed by atoms with Crippen LogP contribution in [0, 0.1) is 0 Å². The van der Waals surface area contributed by atoms with Crippen LogP contribution in [0.1, 0.15) is 44.7 Å². The molecule has 3 rings (SSSR count). The number of carbonyl (C=O) groups is 1. The van der Waals surface area contributed by atoms with Gasteiger partial charge >= 0.3 is 5.97 Å². The average Bonchev–Trinajstić information content (AvgIpc) is 2.68. The number of aliphatic carboxylic acids is 1. The summed E-state index contributed by atoms with van der Waals surface area (Å²) in [5, 5.41) is 9.57. The number of ether oxygens (including phenoxy) is 1. The van der Waals surface area contributed by atoms with Crippen molar-refractivity contribution in [2.24, 2.45) is 0 Å². The number of piperidine rings is 1. The zero-order valence-corrected chi connectivity index (χ0v) is 16.3. The predicted molar refractivity (Wildman–Crippen MR) is 104 cm³/mol. The molecule has 2 fully saturated rings. The van der Waals surface area contributed by atoms with Gasteiger partial charge in [-0.3, -0.25) is 9.69 Å². The van der Waals surface area contributed by atoms with Gasteiger partial charge in [-0.05, 0) is 50.3 Å². The van der Waals surface area contributed by atoms with Crippen molar-refractivity contribution in [2.45, 2.75) is 51.5 Å². The first-order valence-electron chi connectivity index (χ1n) is 9.87. The minimum Gasteiger partial charge on any atom is -0.481 e. The van der Waals surface area contributed by atoms with Gasteiger partial charge in [0.25, 0.3) is 0 Å². The van der Waals surface area contributed by atoms with Crippen LogP contribution in [0.4, 0.5) is 5.69 Å². The maximum Gasteiger partial charge on any atom is 0.313 e. The SMILES string of the molecule is CCc1ccc(C(C)(C)C(=O)O)cc1N1CCC(N2CCOCC2)CC1. The lowest BCUT2D eigenvalue weighted by atomic mass is 9.83. The molecule has 5 nitrogen and oxygen atoms in total. The number of hydrogen-bond acceptors (Lipinski definition) is 4. The molecule has 0 bridgehead atoms. The number of rotatable bonds is 5. The van der Waals surface area contributed by atoms with Crippen LogP contribution in [0.15, 0.2) is 18.2 Å². The third-order valence-corrected chi connectivity index (χ3v) is 6.09. The van der Waals surface area contributed by atoms with Crippen molar-refractivity contribution in [3.05, 3.63) is 29.3 Å². The van der Waals surface area contributed by atoms with Crippen LogP contribution >= 0.6 is 0 Å². The Bertz CT molecular complexity index is 630. The number of aryl methyl sites for hydroxylation is 1. The smallest absolute Gasteiger partial charge is 0.313 e. The number of carboxylic acid groups (broad SMARTS) is 1. The molecule has 1 N–H and O–H groups in total. The van der Waals surface area contributed by atoms with E-state index in [9.17, 15) is 9.90 Å². The summed E-state index contributed by atoms with van der Waals surface area (Å²) in [5.74, 6) is -0.779. The fourth-order valence-electron chi connectivity index (χ4n) is 4.08. The van der Waals surface area contributed by atoms with Gasteiger partial charge < -0.3 is 14.7 Å². The Morgan fingerprint density at radius 1 is 1.19 bits per heavy atom. The third-order valence-electron chi connectivity index (χ3n) is 6.09. The molecular formula is C21H32N2O3. The Morgan fingerprint density at radius 2 is 1.85 bits per heavy atom. The average molecular weight is 360 g/mol. The van der Waals surface area contributed by atoms with Gasteiger partial charge in [-0.2, -0.15) is 0 Å². The zero-order valence-electron chi connectivity index (χ0n) is 16.3. The number of morpholine rings is 1. The van der Waals surface area contributed by atoms with Gasteiger partial charge in [-0.1, -0.05) is 19.1 Å². The summed E-state index contributed by atoms with van der Waals surface area (Å²) >= 11 is 0. The van der Waals surface area contributed by atoms with Crippen LogP contribution < -0.4 is 4.90 Å². The van der Waals surface area contributed by atoms with Crippen LogP contribution in [0.5, 0.6) is 0 Å². The van der Waals surface area contributed by atoms with E-state index in [2.05, 4.69) is 28.9 Å². The number of hydrogen-bond donors (Lipinski definition) is 1. The van der Waals surface area contributed by atoms with E-state index in [1.54, 1.807) is 13.8 Å². The second-order valence-corrected chi connectivity index (χ2v) is 7.99. The molecule has 0 amide bonds. The van der Waals surface area contributed by atoms with E-state index in [1.807, 2.05) is 6.07 Å². The zero-order chi connectivity index (χ0) is 18.7. The fourth-order valence-corrected chi connectivity index (χ4v) is 4.08. The van der Waals surface area contributed by atoms with E-state index in [0.717, 1.165) is 64.2 Å². The quantitative estimate of drug-likeness (QED) is 0.875. The van der Waals surface area contributed by atoms with E-state index in [1.165, 1.54) is 11.3 Å². The number of anilines is 1. The van der Waals surface area contributed by atoms with Crippen LogP contribution in [-0.4, -0.2) is 61.4 Å². The number of benzene rings is 1. The van der Waals surface area contributed by atoms with Crippen LogP contribution in [-0.2, 0) is 21.4 Å². The topological polar surface area (TPSA) is 53.0 Å². The van der Waals surface area contributed by atoms with Gasteiger partial charge in [0.05, 0.1) is 18.6 Å². The van der Waals surface area contributed by atoms with Gasteiger partial charge in [0.15, 0.2) is 0 Å². The standard InChI is InChI=1S/C21H32N2O3/c1-4-16-5-6-17(21(2,3)20(24)25)15-19(16)23-9-7-18(8-10-23)22-11-13-26-14-12-22/h5-6,15,18H,4,7-14H2,1-3H3,(H,24,25). The highest BCUT2D eigenvalue weighted by Gasteiger charge is 2.31. The molecular weight excluding hydrogens is 328 g/mol. The minimum atomic E-state index is -0.868. The predicted octanol–water partition coefficient (Wildman–Crippen LogP) is 2.91. The summed E-state index contributed by atoms with van der Waals surface area (Å²) in [6.45, 7) is 11.6. The monoisotopic (exact) mass is 360 g/mol. The maximum atomic E-state index is 11.7. The lowest BCUT2D eigenvalue weighted by molar-refractivity contribution is -0.142. The van der Waals surface area contributed by atoms with Crippen molar-refractivity contribution in [2.75, 3.05) is 44.3 Å². The van der Waals surface area contributed by atoms with Crippen molar-refractivity contribution >= 4 is 11.7 Å². The first kappa shape index (κ1) is 19.2. The molecule has 26 heavy (non-hydrogen) atoms. The van der Waals surface area contributed by atoms with E-state index in [4.69, 9.17) is 4.74 Å². The van der Waals surface area contributed by atoms with E-state index in [0.29, 0.717) is 6.04 Å². The molecule has 144 valence electrons. The van der Waals surface area contributed by atoms with Crippen LogP contribution in [0.3, 0.4) is 0 Å². The highest BCUT2D eigenvalue weighted by Crippen LogP contribution is 2.32. The summed E-state index contributed by atoms with van der Waals surface area (Å²) in [6, 6.07) is 6.86. The summed E-state index contributed by atoms with van der Waals surface area (Å²) in [4.78, 5) is 16.7. The highest BCUT2D eigenvalue weighted by molar-refractivity contribution is 5.81. The summed E-state index contributed by atoms with van der Waals surface area (Å²) < 4.78 is 5.48. The number of nitrogens with zero attached hydrogens (tertiary/aromatic N) is 2. The molecule has 0 atom stereocenters. The first-order chi connectivity index (χ1) is 12.4. The largest absolute Gasteiger partial charge is 0.481 e. The number of carboxylic acids is 1. The third kappa shape index (κ3) is 3.89. The Hall–Kier alpha value is -1.59. The Morgan fingerprint density at radius 3 is 2.42 bits per heavy atom. The molecule has 2 saturated heterocycles. The van der Waals surface area contributed by atoms with Crippen molar-refractivity contribution in [3.63, 3.8) is 0 Å². The molecule has 5 heteroatoms. The molecule has 1 aromatic carbocycles. The second kappa shape index (κ2) is 7.97. The molecule has 0 radical (unpaired) electrons.